The number of allylic oxidation sites excluding steroid dienone is 3. The first-order valence-corrected chi connectivity index (χ1v) is 4.07. The number of nitrogens with zero attached hydrogens (tertiary/aromatic N) is 2. The van der Waals surface area contributed by atoms with Crippen LogP contribution in [0.15, 0.2) is 33.4 Å². The first-order chi connectivity index (χ1) is 6.61. The lowest BCUT2D eigenvalue weighted by molar-refractivity contribution is 1.00. The molecule has 0 rings (SSSR count). The highest BCUT2D eigenvalue weighted by molar-refractivity contribution is 6.41. The van der Waals surface area contributed by atoms with Crippen LogP contribution in [0.25, 0.3) is 0 Å². The third kappa shape index (κ3) is 5.10. The van der Waals surface area contributed by atoms with Gasteiger partial charge < -0.3 is 5.73 Å². The Balaban J connectivity index is 4.57. The van der Waals surface area contributed by atoms with Gasteiger partial charge >= 0.3 is 0 Å². The van der Waals surface area contributed by atoms with E-state index >= 15 is 0 Å². The minimum Gasteiger partial charge on any atom is -0.369 e. The van der Waals surface area contributed by atoms with Crippen molar-refractivity contribution in [3.63, 3.8) is 0 Å². The Labute approximate surface area is 87.6 Å². The van der Waals surface area contributed by atoms with Gasteiger partial charge in [0, 0.05) is 18.8 Å². The molecule has 0 aromatic carbocycles. The van der Waals surface area contributed by atoms with Crippen LogP contribution < -0.4 is 11.2 Å². The van der Waals surface area contributed by atoms with Gasteiger partial charge in [-0.15, -0.1) is 0 Å². The van der Waals surface area contributed by atoms with Gasteiger partial charge in [0.2, 0.25) is 5.96 Å². The van der Waals surface area contributed by atoms with E-state index in [2.05, 4.69) is 22.1 Å². The summed E-state index contributed by atoms with van der Waals surface area (Å²) < 4.78 is 0. The van der Waals surface area contributed by atoms with Gasteiger partial charge in [0.15, 0.2) is 0 Å². The lowest BCUT2D eigenvalue weighted by Gasteiger charge is -1.96. The summed E-state index contributed by atoms with van der Waals surface area (Å²) in [6.45, 7) is 3.55. The van der Waals surface area contributed by atoms with Gasteiger partial charge in [0.25, 0.3) is 0 Å². The molecular formula is C8H12ClN5. The van der Waals surface area contributed by atoms with Crippen molar-refractivity contribution in [3.8, 4) is 0 Å². The van der Waals surface area contributed by atoms with Crippen LogP contribution in [0.2, 0.25) is 0 Å². The van der Waals surface area contributed by atoms with Crippen LogP contribution in [-0.2, 0) is 0 Å². The van der Waals surface area contributed by atoms with Gasteiger partial charge in [-0.3, -0.25) is 10.4 Å². The number of guanidine groups is 1. The molecule has 0 heterocycles. The maximum Gasteiger partial charge on any atom is 0.206 e. The van der Waals surface area contributed by atoms with Crippen molar-refractivity contribution in [1.82, 2.24) is 5.43 Å². The fourth-order valence-electron chi connectivity index (χ4n) is 0.571. The Kier molecular flexibility index (Phi) is 6.06. The third-order valence-corrected chi connectivity index (χ3v) is 1.44. The Morgan fingerprint density at radius 2 is 2.21 bits per heavy atom. The van der Waals surface area contributed by atoms with Crippen LogP contribution in [0.5, 0.6) is 0 Å². The maximum atomic E-state index is 6.84. The van der Waals surface area contributed by atoms with E-state index in [9.17, 15) is 0 Å². The van der Waals surface area contributed by atoms with Gasteiger partial charge in [0.1, 0.15) is 0 Å². The lowest BCUT2D eigenvalue weighted by atomic mass is 10.3. The van der Waals surface area contributed by atoms with Crippen LogP contribution in [0.1, 0.15) is 0 Å². The standard InChI is InChI=1S/C8H12ClN5/c1-3-6(7(9)5-12-2)4-13-14-8(10)11/h3-5H,1H2,2H3,(H4,10,11,14)/b7-6-,12-5?,13-4+. The number of aliphatic imine (C=N–C) groups is 1. The lowest BCUT2D eigenvalue weighted by Crippen LogP contribution is -2.25. The highest BCUT2D eigenvalue weighted by atomic mass is 35.5. The van der Waals surface area contributed by atoms with Crippen molar-refractivity contribution in [3.05, 3.63) is 23.3 Å². The molecular weight excluding hydrogens is 202 g/mol. The quantitative estimate of drug-likeness (QED) is 0.280. The van der Waals surface area contributed by atoms with Crippen LogP contribution in [0.3, 0.4) is 0 Å². The molecule has 0 aliphatic carbocycles. The summed E-state index contributed by atoms with van der Waals surface area (Å²) in [4.78, 5) is 3.74. The molecule has 0 spiro atoms. The number of nitrogens with two attached hydrogens (primary N) is 1. The predicted molar refractivity (Wildman–Crippen MR) is 61.0 cm³/mol. The zero-order valence-corrected chi connectivity index (χ0v) is 8.54. The molecule has 4 N–H and O–H groups in total. The Bertz CT molecular complexity index is 303. The largest absolute Gasteiger partial charge is 0.369 e. The molecule has 5 nitrogen and oxygen atoms in total. The fourth-order valence-corrected chi connectivity index (χ4v) is 0.795. The molecule has 6 heteroatoms. The summed E-state index contributed by atoms with van der Waals surface area (Å²) in [5.74, 6) is -0.245. The first-order valence-electron chi connectivity index (χ1n) is 3.69. The average molecular weight is 214 g/mol. The molecule has 76 valence electrons. The molecule has 14 heavy (non-hydrogen) atoms. The first kappa shape index (κ1) is 12.4. The minimum atomic E-state index is -0.245. The number of halogens is 1. The smallest absolute Gasteiger partial charge is 0.206 e. The molecule has 0 radical (unpaired) electrons. The van der Waals surface area contributed by atoms with Crippen molar-refractivity contribution >= 4 is 30.0 Å². The van der Waals surface area contributed by atoms with Gasteiger partial charge in [-0.1, -0.05) is 24.3 Å². The average Bonchev–Trinajstić information content (AvgIpc) is 2.12. The molecule has 0 aromatic rings. The number of hydrogen-bond donors (Lipinski definition) is 3. The zero-order valence-electron chi connectivity index (χ0n) is 7.79. The van der Waals surface area contributed by atoms with E-state index in [0.717, 1.165) is 0 Å². The van der Waals surface area contributed by atoms with E-state index < -0.39 is 0 Å². The second-order valence-electron chi connectivity index (χ2n) is 2.18. The highest BCUT2D eigenvalue weighted by Crippen LogP contribution is 2.05. The van der Waals surface area contributed by atoms with E-state index in [4.69, 9.17) is 22.7 Å². The number of hydrogen-bond acceptors (Lipinski definition) is 3. The van der Waals surface area contributed by atoms with Crippen molar-refractivity contribution < 1.29 is 0 Å². The second-order valence-corrected chi connectivity index (χ2v) is 2.59. The van der Waals surface area contributed by atoms with E-state index in [1.54, 1.807) is 7.05 Å². The molecule has 0 aliphatic rings. The normalized spacial score (nSPS) is 13.0. The van der Waals surface area contributed by atoms with Crippen molar-refractivity contribution in [2.24, 2.45) is 15.8 Å². The number of nitrogens with one attached hydrogen (secondary N) is 2. The summed E-state index contributed by atoms with van der Waals surface area (Å²) in [5, 5.41) is 10.9. The minimum absolute atomic E-state index is 0.245. The Morgan fingerprint density at radius 3 is 2.64 bits per heavy atom. The number of hydrazone groups is 1. The predicted octanol–water partition coefficient (Wildman–Crippen LogP) is 0.835. The molecule has 0 saturated heterocycles. The number of rotatable bonds is 4. The summed E-state index contributed by atoms with van der Waals surface area (Å²) in [6, 6.07) is 0. The molecule has 0 unspecified atom stereocenters. The maximum absolute atomic E-state index is 6.84. The van der Waals surface area contributed by atoms with Gasteiger partial charge in [-0.2, -0.15) is 5.10 Å². The molecule has 0 bridgehead atoms. The monoisotopic (exact) mass is 213 g/mol. The summed E-state index contributed by atoms with van der Waals surface area (Å²) >= 11 is 5.82. The summed E-state index contributed by atoms with van der Waals surface area (Å²) in [6.07, 6.45) is 4.39. The highest BCUT2D eigenvalue weighted by Gasteiger charge is 1.94. The Morgan fingerprint density at radius 1 is 1.57 bits per heavy atom. The zero-order chi connectivity index (χ0) is 11.0. The van der Waals surface area contributed by atoms with Crippen LogP contribution in [0, 0.1) is 5.41 Å². The van der Waals surface area contributed by atoms with Crippen LogP contribution in [0.4, 0.5) is 0 Å². The van der Waals surface area contributed by atoms with Crippen molar-refractivity contribution in [2.45, 2.75) is 0 Å². The SMILES string of the molecule is C=CC(/C=N/NC(=N)N)=C(/Cl)C=NC. The van der Waals surface area contributed by atoms with Crippen LogP contribution >= 0.6 is 11.6 Å². The van der Waals surface area contributed by atoms with E-state index in [-0.39, 0.29) is 5.96 Å². The molecule has 0 aromatic heterocycles. The van der Waals surface area contributed by atoms with Crippen molar-refractivity contribution in [1.29, 1.82) is 5.41 Å². The van der Waals surface area contributed by atoms with E-state index in [0.29, 0.717) is 10.6 Å². The van der Waals surface area contributed by atoms with Crippen molar-refractivity contribution in [2.75, 3.05) is 7.05 Å². The molecule has 0 atom stereocenters. The van der Waals surface area contributed by atoms with Gasteiger partial charge in [-0.25, -0.2) is 5.43 Å². The van der Waals surface area contributed by atoms with E-state index in [1.807, 2.05) is 0 Å². The summed E-state index contributed by atoms with van der Waals surface area (Å²) in [7, 11) is 1.61. The Hall–Kier alpha value is -1.62. The molecule has 0 amide bonds. The topological polar surface area (TPSA) is 86.6 Å². The van der Waals surface area contributed by atoms with E-state index in [1.165, 1.54) is 18.5 Å². The second kappa shape index (κ2) is 6.85. The van der Waals surface area contributed by atoms with Gasteiger partial charge in [0.05, 0.1) is 11.2 Å². The fraction of sp³-hybridized carbons (Fsp3) is 0.125. The summed E-state index contributed by atoms with van der Waals surface area (Å²) in [5.41, 5.74) is 7.85. The van der Waals surface area contributed by atoms with Gasteiger partial charge in [-0.05, 0) is 0 Å². The molecule has 0 fully saturated rings. The van der Waals surface area contributed by atoms with Crippen LogP contribution in [-0.4, -0.2) is 25.4 Å². The third-order valence-electron chi connectivity index (χ3n) is 1.13. The molecule has 0 saturated carbocycles. The molecule has 0 aliphatic heterocycles.